The van der Waals surface area contributed by atoms with E-state index in [2.05, 4.69) is 5.32 Å². The van der Waals surface area contributed by atoms with Crippen LogP contribution in [-0.2, 0) is 28.6 Å². The van der Waals surface area contributed by atoms with E-state index in [0.717, 1.165) is 6.42 Å². The van der Waals surface area contributed by atoms with Crippen LogP contribution in [-0.4, -0.2) is 49.8 Å². The van der Waals surface area contributed by atoms with Crippen molar-refractivity contribution >= 4 is 17.7 Å². The summed E-state index contributed by atoms with van der Waals surface area (Å²) in [7, 11) is 1.26. The smallest absolute Gasteiger partial charge is 0.336 e. The number of benzene rings is 1. The second-order valence-electron chi connectivity index (χ2n) is 8.38. The number of esters is 2. The highest BCUT2D eigenvalue weighted by Crippen LogP contribution is 2.45. The molecule has 1 aliphatic carbocycles. The number of methoxy groups -OCH3 is 1. The number of ether oxygens (including phenoxy) is 3. The standard InChI is InChI=1S/C25H31NO7/c1-5-9-32-10-11-33-25(30)20-15(3)26-18-12-14(2)19(24(29)31-4)23(28)22(18)21(20)16-7-6-8-17(27)13-16/h6-8,13-14,19,21,26-27H,5,9-12H2,1-4H3/t14-,19+,21+/m1/s1. The first-order chi connectivity index (χ1) is 15.8. The van der Waals surface area contributed by atoms with Crippen molar-refractivity contribution in [2.45, 2.75) is 39.5 Å². The van der Waals surface area contributed by atoms with Gasteiger partial charge in [-0.1, -0.05) is 26.0 Å². The molecule has 0 radical (unpaired) electrons. The zero-order chi connectivity index (χ0) is 24.1. The molecule has 1 heterocycles. The van der Waals surface area contributed by atoms with Crippen molar-refractivity contribution in [3.05, 3.63) is 52.4 Å². The first-order valence-corrected chi connectivity index (χ1v) is 11.2. The molecule has 0 spiro atoms. The first kappa shape index (κ1) is 24.5. The van der Waals surface area contributed by atoms with Crippen LogP contribution in [0.25, 0.3) is 0 Å². The lowest BCUT2D eigenvalue weighted by Gasteiger charge is -2.38. The Morgan fingerprint density at radius 2 is 1.97 bits per heavy atom. The summed E-state index contributed by atoms with van der Waals surface area (Å²) >= 11 is 0. The number of allylic oxidation sites excluding steroid dienone is 3. The van der Waals surface area contributed by atoms with E-state index in [1.807, 2.05) is 13.8 Å². The Morgan fingerprint density at radius 1 is 1.21 bits per heavy atom. The van der Waals surface area contributed by atoms with Crippen molar-refractivity contribution in [2.24, 2.45) is 11.8 Å². The highest BCUT2D eigenvalue weighted by molar-refractivity contribution is 6.12. The van der Waals surface area contributed by atoms with E-state index >= 15 is 0 Å². The number of rotatable bonds is 8. The summed E-state index contributed by atoms with van der Waals surface area (Å²) in [6.45, 7) is 6.49. The van der Waals surface area contributed by atoms with Gasteiger partial charge in [-0.3, -0.25) is 9.59 Å². The molecule has 0 fully saturated rings. The molecule has 0 saturated carbocycles. The Morgan fingerprint density at radius 3 is 2.64 bits per heavy atom. The maximum absolute atomic E-state index is 13.6. The minimum absolute atomic E-state index is 0.00710. The number of nitrogens with one attached hydrogen (secondary N) is 1. The zero-order valence-electron chi connectivity index (χ0n) is 19.5. The van der Waals surface area contributed by atoms with E-state index in [1.165, 1.54) is 19.2 Å². The summed E-state index contributed by atoms with van der Waals surface area (Å²) in [6.07, 6.45) is 1.31. The molecule has 3 atom stereocenters. The number of phenolic OH excluding ortho intramolecular Hbond substituents is 1. The van der Waals surface area contributed by atoms with Gasteiger partial charge in [0.15, 0.2) is 5.78 Å². The van der Waals surface area contributed by atoms with Crippen LogP contribution in [0.3, 0.4) is 0 Å². The fourth-order valence-corrected chi connectivity index (χ4v) is 4.51. The number of Topliss-reactive ketones (excluding diaryl/α,β-unsaturated/α-hetero) is 1. The van der Waals surface area contributed by atoms with E-state index in [1.54, 1.807) is 19.1 Å². The van der Waals surface area contributed by atoms with Crippen LogP contribution in [0.2, 0.25) is 0 Å². The SMILES string of the molecule is CCCOCCOC(=O)C1=C(C)NC2=C(C(=O)[C@@H](C(=O)OC)[C@H](C)C2)[C@H]1c1cccc(O)c1. The van der Waals surface area contributed by atoms with E-state index in [4.69, 9.17) is 14.2 Å². The summed E-state index contributed by atoms with van der Waals surface area (Å²) in [5.41, 5.74) is 2.39. The molecular weight excluding hydrogens is 426 g/mol. The first-order valence-electron chi connectivity index (χ1n) is 11.2. The maximum atomic E-state index is 13.6. The average Bonchev–Trinajstić information content (AvgIpc) is 2.77. The van der Waals surface area contributed by atoms with E-state index in [9.17, 15) is 19.5 Å². The highest BCUT2D eigenvalue weighted by atomic mass is 16.6. The van der Waals surface area contributed by atoms with Gasteiger partial charge in [0.05, 0.1) is 19.3 Å². The van der Waals surface area contributed by atoms with Gasteiger partial charge in [0.1, 0.15) is 18.3 Å². The van der Waals surface area contributed by atoms with E-state index in [0.29, 0.717) is 35.6 Å². The van der Waals surface area contributed by atoms with Crippen LogP contribution in [0.5, 0.6) is 5.75 Å². The molecule has 2 N–H and O–H groups in total. The van der Waals surface area contributed by atoms with Crippen LogP contribution < -0.4 is 5.32 Å². The van der Waals surface area contributed by atoms with Gasteiger partial charge in [0.25, 0.3) is 0 Å². The Balaban J connectivity index is 2.02. The number of hydrogen-bond acceptors (Lipinski definition) is 8. The maximum Gasteiger partial charge on any atom is 0.336 e. The van der Waals surface area contributed by atoms with Gasteiger partial charge >= 0.3 is 11.9 Å². The summed E-state index contributed by atoms with van der Waals surface area (Å²) < 4.78 is 15.7. The Labute approximate surface area is 193 Å². The largest absolute Gasteiger partial charge is 0.508 e. The van der Waals surface area contributed by atoms with Gasteiger partial charge in [-0.25, -0.2) is 4.79 Å². The molecular formula is C25H31NO7. The third-order valence-electron chi connectivity index (χ3n) is 5.98. The van der Waals surface area contributed by atoms with Crippen LogP contribution in [0.1, 0.15) is 45.1 Å². The zero-order valence-corrected chi connectivity index (χ0v) is 19.5. The number of phenols is 1. The number of hydrogen-bond donors (Lipinski definition) is 2. The molecule has 0 unspecified atom stereocenters. The van der Waals surface area contributed by atoms with Crippen molar-refractivity contribution in [3.63, 3.8) is 0 Å². The lowest BCUT2D eigenvalue weighted by atomic mass is 9.69. The second-order valence-corrected chi connectivity index (χ2v) is 8.38. The molecule has 8 nitrogen and oxygen atoms in total. The minimum Gasteiger partial charge on any atom is -0.508 e. The summed E-state index contributed by atoms with van der Waals surface area (Å²) in [4.78, 5) is 39.2. The molecule has 0 amide bonds. The predicted molar refractivity (Wildman–Crippen MR) is 120 cm³/mol. The quantitative estimate of drug-likeness (QED) is 0.348. The molecule has 0 bridgehead atoms. The van der Waals surface area contributed by atoms with E-state index < -0.39 is 23.8 Å². The topological polar surface area (TPSA) is 111 Å². The molecule has 8 heteroatoms. The Kier molecular flexibility index (Phi) is 7.92. The van der Waals surface area contributed by atoms with Crippen molar-refractivity contribution in [2.75, 3.05) is 26.9 Å². The molecule has 1 aliphatic heterocycles. The second kappa shape index (κ2) is 10.7. The van der Waals surface area contributed by atoms with Gasteiger partial charge in [-0.15, -0.1) is 0 Å². The molecule has 3 rings (SSSR count). The Hall–Kier alpha value is -3.13. The van der Waals surface area contributed by atoms with Crippen LogP contribution >= 0.6 is 0 Å². The average molecular weight is 458 g/mol. The normalized spacial score (nSPS) is 22.5. The van der Waals surface area contributed by atoms with Gasteiger partial charge in [0, 0.05) is 29.5 Å². The third kappa shape index (κ3) is 5.11. The van der Waals surface area contributed by atoms with Gasteiger partial charge < -0.3 is 24.6 Å². The number of ketones is 1. The van der Waals surface area contributed by atoms with Gasteiger partial charge in [0.2, 0.25) is 0 Å². The van der Waals surface area contributed by atoms with Crippen molar-refractivity contribution in [1.82, 2.24) is 5.32 Å². The fourth-order valence-electron chi connectivity index (χ4n) is 4.51. The minimum atomic E-state index is -0.964. The summed E-state index contributed by atoms with van der Waals surface area (Å²) in [5, 5.41) is 13.3. The predicted octanol–water partition coefficient (Wildman–Crippen LogP) is 2.98. The number of aromatic hydroxyl groups is 1. The summed E-state index contributed by atoms with van der Waals surface area (Å²) in [6, 6.07) is 6.42. The van der Waals surface area contributed by atoms with Crippen molar-refractivity contribution < 1.29 is 33.7 Å². The van der Waals surface area contributed by atoms with Crippen LogP contribution in [0.15, 0.2) is 46.8 Å². The molecule has 1 aromatic carbocycles. The molecule has 0 saturated heterocycles. The lowest BCUT2D eigenvalue weighted by molar-refractivity contribution is -0.151. The molecule has 178 valence electrons. The molecule has 2 aliphatic rings. The fraction of sp³-hybridized carbons (Fsp3) is 0.480. The summed E-state index contributed by atoms with van der Waals surface area (Å²) in [5.74, 6) is -3.58. The number of dihydropyridines is 1. The number of carbonyl (C=O) groups is 3. The monoisotopic (exact) mass is 457 g/mol. The molecule has 33 heavy (non-hydrogen) atoms. The van der Waals surface area contributed by atoms with Crippen LogP contribution in [0.4, 0.5) is 0 Å². The third-order valence-corrected chi connectivity index (χ3v) is 5.98. The number of carbonyl (C=O) groups excluding carboxylic acids is 3. The van der Waals surface area contributed by atoms with Crippen LogP contribution in [0, 0.1) is 11.8 Å². The Bertz CT molecular complexity index is 994. The molecule has 1 aromatic rings. The highest BCUT2D eigenvalue weighted by Gasteiger charge is 2.47. The van der Waals surface area contributed by atoms with Gasteiger partial charge in [-0.2, -0.15) is 0 Å². The van der Waals surface area contributed by atoms with E-state index in [-0.39, 0.29) is 36.2 Å². The van der Waals surface area contributed by atoms with Crippen molar-refractivity contribution in [3.8, 4) is 5.75 Å². The van der Waals surface area contributed by atoms with Gasteiger partial charge in [-0.05, 0) is 43.4 Å². The lowest BCUT2D eigenvalue weighted by Crippen LogP contribution is -2.43. The molecule has 0 aromatic heterocycles. The van der Waals surface area contributed by atoms with Crippen molar-refractivity contribution in [1.29, 1.82) is 0 Å².